The molecular weight excluding hydrogens is 655 g/mol. The van der Waals surface area contributed by atoms with Crippen LogP contribution in [0.15, 0.2) is 47.1 Å². The fourth-order valence-corrected chi connectivity index (χ4v) is 11.0. The van der Waals surface area contributed by atoms with Crippen molar-refractivity contribution in [3.63, 3.8) is 0 Å². The number of rotatable bonds is 6. The molecule has 7 atom stereocenters. The number of aryl methyl sites for hydroxylation is 1. The predicted molar refractivity (Wildman–Crippen MR) is 178 cm³/mol. The molecule has 4 aliphatic carbocycles. The first kappa shape index (κ1) is 30.3. The topological polar surface area (TPSA) is 121 Å². The number of esters is 2. The van der Waals surface area contributed by atoms with Crippen LogP contribution in [0, 0.1) is 35.0 Å². The number of amides is 2. The molecule has 1 aromatic heterocycles. The van der Waals surface area contributed by atoms with E-state index in [1.807, 2.05) is 42.1 Å². The van der Waals surface area contributed by atoms with Crippen LogP contribution in [-0.4, -0.2) is 64.5 Å². The maximum atomic E-state index is 14.6. The Hall–Kier alpha value is -3.76. The van der Waals surface area contributed by atoms with Crippen molar-refractivity contribution in [2.45, 2.75) is 58.9 Å². The van der Waals surface area contributed by atoms with E-state index in [2.05, 4.69) is 10.3 Å². The number of ether oxygens (including phenoxy) is 2. The summed E-state index contributed by atoms with van der Waals surface area (Å²) >= 11 is 13.1. The largest absolute Gasteiger partial charge is 0.429 e. The summed E-state index contributed by atoms with van der Waals surface area (Å²) < 4.78 is 11.3. The minimum Gasteiger partial charge on any atom is -0.429 e. The first-order valence-corrected chi connectivity index (χ1v) is 17.6. The molecule has 0 bridgehead atoms. The highest BCUT2D eigenvalue weighted by atomic mass is 35.5. The Bertz CT molecular complexity index is 2020. The normalized spacial score (nSPS) is 34.6. The van der Waals surface area contributed by atoms with Crippen molar-refractivity contribution in [3.8, 4) is 5.75 Å². The second kappa shape index (κ2) is 9.69. The number of aromatic amines is 1. The summed E-state index contributed by atoms with van der Waals surface area (Å²) in [6.45, 7) is 7.68. The number of anilines is 1. The lowest BCUT2D eigenvalue weighted by molar-refractivity contribution is -0.142. The molecule has 2 amide bonds. The fraction of sp³-hybridized carbons (Fsp3) is 0.500. The van der Waals surface area contributed by atoms with Gasteiger partial charge in [0.05, 0.1) is 28.1 Å². The number of hydrogen-bond donors (Lipinski definition) is 2. The molecule has 3 aliphatic heterocycles. The van der Waals surface area contributed by atoms with Crippen LogP contribution in [-0.2, 0) is 23.9 Å². The van der Waals surface area contributed by atoms with Crippen LogP contribution in [0.3, 0.4) is 0 Å². The van der Waals surface area contributed by atoms with Crippen LogP contribution in [0.2, 0.25) is 0 Å². The van der Waals surface area contributed by atoms with Gasteiger partial charge in [-0.15, -0.1) is 23.2 Å². The lowest BCUT2D eigenvalue weighted by Gasteiger charge is -2.38. The summed E-state index contributed by atoms with van der Waals surface area (Å²) in [7, 11) is 0. The minimum atomic E-state index is -0.598. The molecule has 9 rings (SSSR count). The first-order valence-electron chi connectivity index (χ1n) is 16.6. The highest BCUT2D eigenvalue weighted by Crippen LogP contribution is 3.01. The number of carbonyl (C=O) groups excluding carboxylic acids is 4. The molecule has 250 valence electrons. The molecule has 12 heteroatoms. The summed E-state index contributed by atoms with van der Waals surface area (Å²) in [5.74, 6) is 0.651. The second-order valence-electron chi connectivity index (χ2n) is 14.9. The predicted octanol–water partition coefficient (Wildman–Crippen LogP) is 5.14. The Morgan fingerprint density at radius 2 is 1.60 bits per heavy atom. The van der Waals surface area contributed by atoms with Crippen molar-refractivity contribution in [3.05, 3.63) is 58.3 Å². The molecule has 1 aromatic carbocycles. The van der Waals surface area contributed by atoms with Crippen molar-refractivity contribution in [1.82, 2.24) is 15.2 Å². The number of nitrogens with one attached hydrogen (secondary N) is 2. The lowest BCUT2D eigenvalue weighted by Crippen LogP contribution is -2.49. The number of alkyl halides is 2. The lowest BCUT2D eigenvalue weighted by atomic mass is 9.72. The van der Waals surface area contributed by atoms with Crippen LogP contribution in [0.5, 0.6) is 5.75 Å². The van der Waals surface area contributed by atoms with E-state index in [-0.39, 0.29) is 41.0 Å². The third kappa shape index (κ3) is 3.55. The zero-order valence-corrected chi connectivity index (χ0v) is 28.7. The van der Waals surface area contributed by atoms with Gasteiger partial charge in [0.1, 0.15) is 5.76 Å². The molecule has 1 spiro atoms. The number of H-pyrrole nitrogens is 1. The fourth-order valence-electron chi connectivity index (χ4n) is 10.5. The van der Waals surface area contributed by atoms with Crippen LogP contribution >= 0.6 is 23.2 Å². The Kier molecular flexibility index (Phi) is 6.12. The molecular formula is C36H36Cl2N4O6. The molecule has 0 radical (unpaired) electrons. The Morgan fingerprint density at radius 1 is 0.938 bits per heavy atom. The number of fused-ring (bicyclic) bond motifs is 5. The molecule has 5 unspecified atom stereocenters. The number of hydrogen-bond acceptors (Lipinski definition) is 7. The molecule has 2 aromatic rings. The number of benzene rings is 1. The van der Waals surface area contributed by atoms with Gasteiger partial charge in [0.2, 0.25) is 11.8 Å². The summed E-state index contributed by atoms with van der Waals surface area (Å²) in [5.41, 5.74) is 4.88. The van der Waals surface area contributed by atoms with Gasteiger partial charge in [0, 0.05) is 91.3 Å². The van der Waals surface area contributed by atoms with Gasteiger partial charge in [-0.25, -0.2) is 0 Å². The van der Waals surface area contributed by atoms with Gasteiger partial charge < -0.3 is 29.6 Å². The first-order chi connectivity index (χ1) is 22.9. The van der Waals surface area contributed by atoms with E-state index in [9.17, 15) is 19.2 Å². The quantitative estimate of drug-likeness (QED) is 0.245. The maximum absolute atomic E-state index is 14.6. The van der Waals surface area contributed by atoms with Crippen LogP contribution in [0.1, 0.15) is 57.1 Å². The van der Waals surface area contributed by atoms with Crippen LogP contribution in [0.25, 0.3) is 10.9 Å². The summed E-state index contributed by atoms with van der Waals surface area (Å²) in [6, 6.07) is 1.58. The van der Waals surface area contributed by atoms with Gasteiger partial charge in [-0.2, -0.15) is 0 Å². The molecule has 0 saturated heterocycles. The van der Waals surface area contributed by atoms with E-state index in [1.54, 1.807) is 6.07 Å². The maximum Gasteiger partial charge on any atom is 0.308 e. The van der Waals surface area contributed by atoms with E-state index >= 15 is 0 Å². The van der Waals surface area contributed by atoms with E-state index < -0.39 is 22.8 Å². The van der Waals surface area contributed by atoms with E-state index in [4.69, 9.17) is 32.7 Å². The van der Waals surface area contributed by atoms with Crippen molar-refractivity contribution < 1.29 is 28.7 Å². The number of nitrogens with zero attached hydrogens (tertiary/aromatic N) is 2. The number of aromatic nitrogens is 1. The summed E-state index contributed by atoms with van der Waals surface area (Å²) in [6.07, 6.45) is 7.52. The van der Waals surface area contributed by atoms with Gasteiger partial charge in [-0.1, -0.05) is 0 Å². The van der Waals surface area contributed by atoms with Crippen LogP contribution in [0.4, 0.5) is 5.69 Å². The van der Waals surface area contributed by atoms with E-state index in [0.29, 0.717) is 55.6 Å². The van der Waals surface area contributed by atoms with Crippen molar-refractivity contribution in [2.75, 3.05) is 29.7 Å². The third-order valence-corrected chi connectivity index (χ3v) is 13.2. The Balaban J connectivity index is 1.03. The summed E-state index contributed by atoms with van der Waals surface area (Å²) in [5, 5.41) is 4.29. The Labute approximate surface area is 287 Å². The molecule has 3 fully saturated rings. The molecule has 2 N–H and O–H groups in total. The van der Waals surface area contributed by atoms with Crippen molar-refractivity contribution >= 4 is 63.5 Å². The molecule has 10 nitrogen and oxygen atoms in total. The molecule has 3 saturated carbocycles. The van der Waals surface area contributed by atoms with Gasteiger partial charge in [-0.3, -0.25) is 19.2 Å². The second-order valence-corrected chi connectivity index (χ2v) is 15.5. The average molecular weight is 692 g/mol. The SMILES string of the molecule is CC(=O)OC1=CC2=C(C3C(C)=CNC13)[C@H](CCl)CN2C(=O)C12CC3(C(=O)N4C[C@@H](CCl)c5c4cc(OC(C)=O)c4[nH]cc(C)c54)CC13C2. The Morgan fingerprint density at radius 3 is 2.25 bits per heavy atom. The van der Waals surface area contributed by atoms with Crippen LogP contribution < -0.4 is 15.0 Å². The minimum absolute atomic E-state index is 0.0221. The summed E-state index contributed by atoms with van der Waals surface area (Å²) in [4.78, 5) is 60.2. The number of allylic oxidation sites excluding steroid dienone is 1. The number of carbonyl (C=O) groups is 4. The monoisotopic (exact) mass is 690 g/mol. The molecule has 48 heavy (non-hydrogen) atoms. The van der Waals surface area contributed by atoms with Crippen molar-refractivity contribution in [2.24, 2.45) is 28.1 Å². The third-order valence-electron chi connectivity index (χ3n) is 12.5. The van der Waals surface area contributed by atoms with E-state index in [1.165, 1.54) is 13.8 Å². The standard InChI is InChI=1S/C36H36Cl2N4O6/c1-16-9-39-30-24(47-18(3)43)5-22-28(26(16)30)20(7-37)11-41(22)32(45)34-13-35(15-36(34,35)14-34)33(46)42-12-21(8-38)29-23(42)6-25(48-19(4)44)31-27(29)17(2)10-40-31/h5-6,9-10,20-21,26,30,39-40H,7-8,11-15H2,1-4H3/t20-,21-,26?,30?,34?,35?,36?/m1/s1. The van der Waals surface area contributed by atoms with Gasteiger partial charge in [0.25, 0.3) is 0 Å². The van der Waals surface area contributed by atoms with Gasteiger partial charge >= 0.3 is 11.9 Å². The number of halogens is 2. The van der Waals surface area contributed by atoms with Gasteiger partial charge in [-0.05, 0) is 61.6 Å². The molecule has 4 heterocycles. The zero-order valence-electron chi connectivity index (χ0n) is 27.2. The zero-order chi connectivity index (χ0) is 33.7. The van der Waals surface area contributed by atoms with Crippen molar-refractivity contribution in [1.29, 1.82) is 0 Å². The highest BCUT2D eigenvalue weighted by Gasteiger charge is 3.01. The smallest absolute Gasteiger partial charge is 0.308 e. The van der Waals surface area contributed by atoms with Gasteiger partial charge in [0.15, 0.2) is 5.75 Å². The molecule has 7 aliphatic rings. The highest BCUT2D eigenvalue weighted by molar-refractivity contribution is 6.19. The average Bonchev–Trinajstić information content (AvgIpc) is 3.45. The van der Waals surface area contributed by atoms with E-state index in [0.717, 1.165) is 44.6 Å².